The summed E-state index contributed by atoms with van der Waals surface area (Å²) in [5.41, 5.74) is 5.52. The summed E-state index contributed by atoms with van der Waals surface area (Å²) in [6, 6.07) is 2.87. The Morgan fingerprint density at radius 2 is 2.25 bits per heavy atom. The Labute approximate surface area is 121 Å². The van der Waals surface area contributed by atoms with Crippen molar-refractivity contribution in [3.05, 3.63) is 41.9 Å². The SMILES string of the molecule is Cc1cnc(CNS(=O)(=O)c2cccnc2C(N)=S)o1. The van der Waals surface area contributed by atoms with Crippen molar-refractivity contribution in [3.63, 3.8) is 0 Å². The van der Waals surface area contributed by atoms with Gasteiger partial charge in [-0.15, -0.1) is 0 Å². The molecular weight excluding hydrogens is 300 g/mol. The van der Waals surface area contributed by atoms with Gasteiger partial charge in [-0.1, -0.05) is 12.2 Å². The first-order chi connectivity index (χ1) is 9.40. The van der Waals surface area contributed by atoms with E-state index in [0.29, 0.717) is 5.76 Å². The molecule has 0 aliphatic carbocycles. The van der Waals surface area contributed by atoms with Crippen molar-refractivity contribution in [2.24, 2.45) is 5.73 Å². The fraction of sp³-hybridized carbons (Fsp3) is 0.182. The number of hydrogen-bond acceptors (Lipinski definition) is 6. The maximum atomic E-state index is 12.2. The van der Waals surface area contributed by atoms with E-state index in [2.05, 4.69) is 14.7 Å². The van der Waals surface area contributed by atoms with Crippen LogP contribution in [0.1, 0.15) is 17.3 Å². The number of nitrogens with two attached hydrogens (primary N) is 1. The Morgan fingerprint density at radius 1 is 1.50 bits per heavy atom. The van der Waals surface area contributed by atoms with E-state index in [4.69, 9.17) is 22.4 Å². The van der Waals surface area contributed by atoms with Gasteiger partial charge in [0.1, 0.15) is 21.3 Å². The van der Waals surface area contributed by atoms with Gasteiger partial charge < -0.3 is 10.2 Å². The number of rotatable bonds is 5. The van der Waals surface area contributed by atoms with Crippen molar-refractivity contribution in [3.8, 4) is 0 Å². The van der Waals surface area contributed by atoms with Crippen LogP contribution in [0.3, 0.4) is 0 Å². The minimum Gasteiger partial charge on any atom is -0.445 e. The number of nitrogens with zero attached hydrogens (tertiary/aromatic N) is 2. The van der Waals surface area contributed by atoms with Crippen LogP contribution in [0.4, 0.5) is 0 Å². The highest BCUT2D eigenvalue weighted by Crippen LogP contribution is 2.13. The first kappa shape index (κ1) is 14.6. The molecule has 0 aliphatic rings. The molecule has 2 aromatic heterocycles. The molecule has 0 unspecified atom stereocenters. The summed E-state index contributed by atoms with van der Waals surface area (Å²) in [4.78, 5) is 7.63. The van der Waals surface area contributed by atoms with Crippen LogP contribution in [-0.4, -0.2) is 23.4 Å². The average molecular weight is 312 g/mol. The lowest BCUT2D eigenvalue weighted by atomic mass is 10.3. The van der Waals surface area contributed by atoms with E-state index >= 15 is 0 Å². The predicted octanol–water partition coefficient (Wildman–Crippen LogP) is 0.491. The van der Waals surface area contributed by atoms with E-state index in [1.165, 1.54) is 24.5 Å². The van der Waals surface area contributed by atoms with Crippen LogP contribution in [0.2, 0.25) is 0 Å². The van der Waals surface area contributed by atoms with Crippen LogP contribution in [0.25, 0.3) is 0 Å². The molecule has 0 amide bonds. The lowest BCUT2D eigenvalue weighted by Crippen LogP contribution is -2.27. The number of aryl methyl sites for hydroxylation is 1. The number of pyridine rings is 1. The molecule has 0 spiro atoms. The van der Waals surface area contributed by atoms with E-state index in [0.717, 1.165) is 0 Å². The number of oxazole rings is 1. The lowest BCUT2D eigenvalue weighted by Gasteiger charge is -2.08. The molecule has 0 saturated heterocycles. The third-order valence-corrected chi connectivity index (χ3v) is 4.00. The maximum Gasteiger partial charge on any atom is 0.243 e. The average Bonchev–Trinajstić information content (AvgIpc) is 2.82. The molecule has 20 heavy (non-hydrogen) atoms. The molecule has 0 atom stereocenters. The fourth-order valence-electron chi connectivity index (χ4n) is 1.51. The smallest absolute Gasteiger partial charge is 0.243 e. The summed E-state index contributed by atoms with van der Waals surface area (Å²) in [7, 11) is -3.80. The first-order valence-corrected chi connectivity index (χ1v) is 7.45. The van der Waals surface area contributed by atoms with E-state index in [1.807, 2.05) is 0 Å². The standard InChI is InChI=1S/C11H12N4O3S2/c1-7-5-14-9(18-7)6-15-20(16,17)8-3-2-4-13-10(8)11(12)19/h2-5,15H,6H2,1H3,(H2,12,19). The molecule has 3 N–H and O–H groups in total. The van der Waals surface area contributed by atoms with E-state index in [1.54, 1.807) is 6.92 Å². The van der Waals surface area contributed by atoms with Gasteiger partial charge in [0.15, 0.2) is 0 Å². The highest BCUT2D eigenvalue weighted by molar-refractivity contribution is 7.89. The highest BCUT2D eigenvalue weighted by atomic mass is 32.2. The van der Waals surface area contributed by atoms with Gasteiger partial charge in [0.2, 0.25) is 15.9 Å². The van der Waals surface area contributed by atoms with Crippen molar-refractivity contribution >= 4 is 27.2 Å². The zero-order valence-electron chi connectivity index (χ0n) is 10.5. The quantitative estimate of drug-likeness (QED) is 0.773. The van der Waals surface area contributed by atoms with Gasteiger partial charge >= 0.3 is 0 Å². The van der Waals surface area contributed by atoms with Crippen LogP contribution in [0, 0.1) is 6.92 Å². The number of hydrogen-bond donors (Lipinski definition) is 2. The molecule has 7 nitrogen and oxygen atoms in total. The van der Waals surface area contributed by atoms with Gasteiger partial charge in [-0.05, 0) is 19.1 Å². The van der Waals surface area contributed by atoms with Crippen LogP contribution in [0.15, 0.2) is 33.8 Å². The first-order valence-electron chi connectivity index (χ1n) is 5.56. The van der Waals surface area contributed by atoms with E-state index in [9.17, 15) is 8.42 Å². The molecule has 0 aromatic carbocycles. The van der Waals surface area contributed by atoms with Crippen molar-refractivity contribution < 1.29 is 12.8 Å². The van der Waals surface area contributed by atoms with Crippen LogP contribution < -0.4 is 10.5 Å². The zero-order chi connectivity index (χ0) is 14.8. The third kappa shape index (κ3) is 3.18. The molecule has 106 valence electrons. The number of nitrogens with one attached hydrogen (secondary N) is 1. The van der Waals surface area contributed by atoms with Crippen molar-refractivity contribution in [2.75, 3.05) is 0 Å². The summed E-state index contributed by atoms with van der Waals surface area (Å²) in [6.07, 6.45) is 2.93. The Bertz CT molecular complexity index is 740. The largest absolute Gasteiger partial charge is 0.445 e. The van der Waals surface area contributed by atoms with Crippen LogP contribution in [-0.2, 0) is 16.6 Å². The van der Waals surface area contributed by atoms with Crippen molar-refractivity contribution in [2.45, 2.75) is 18.4 Å². The summed E-state index contributed by atoms with van der Waals surface area (Å²) < 4.78 is 32.0. The second kappa shape index (κ2) is 5.65. The molecule has 9 heteroatoms. The molecule has 2 heterocycles. The minimum absolute atomic E-state index is 0.0542. The number of aromatic nitrogens is 2. The van der Waals surface area contributed by atoms with Gasteiger partial charge in [-0.2, -0.15) is 0 Å². The van der Waals surface area contributed by atoms with Crippen LogP contribution in [0.5, 0.6) is 0 Å². The summed E-state index contributed by atoms with van der Waals surface area (Å²) in [6.45, 7) is 1.65. The molecule has 0 radical (unpaired) electrons. The summed E-state index contributed by atoms with van der Waals surface area (Å²) in [5.74, 6) is 0.872. The Morgan fingerprint density at radius 3 is 2.85 bits per heavy atom. The summed E-state index contributed by atoms with van der Waals surface area (Å²) in [5, 5.41) is 0. The van der Waals surface area contributed by atoms with Crippen molar-refractivity contribution in [1.29, 1.82) is 0 Å². The molecule has 2 rings (SSSR count). The van der Waals surface area contributed by atoms with Gasteiger partial charge in [0.05, 0.1) is 12.7 Å². The second-order valence-electron chi connectivity index (χ2n) is 3.90. The molecular formula is C11H12N4O3S2. The van der Waals surface area contributed by atoms with E-state index < -0.39 is 10.0 Å². The Balaban J connectivity index is 2.25. The Kier molecular flexibility index (Phi) is 4.12. The monoisotopic (exact) mass is 312 g/mol. The number of thiocarbonyl (C=S) groups is 1. The molecule has 0 aliphatic heterocycles. The summed E-state index contributed by atoms with van der Waals surface area (Å²) >= 11 is 4.79. The minimum atomic E-state index is -3.80. The topological polar surface area (TPSA) is 111 Å². The molecule has 2 aromatic rings. The second-order valence-corrected chi connectivity index (χ2v) is 6.08. The van der Waals surface area contributed by atoms with Gasteiger partial charge in [-0.3, -0.25) is 4.98 Å². The third-order valence-electron chi connectivity index (χ3n) is 2.38. The molecule has 0 fully saturated rings. The van der Waals surface area contributed by atoms with Gasteiger partial charge in [0, 0.05) is 6.20 Å². The molecule has 0 bridgehead atoms. The maximum absolute atomic E-state index is 12.2. The highest BCUT2D eigenvalue weighted by Gasteiger charge is 2.21. The van der Waals surface area contributed by atoms with Crippen LogP contribution >= 0.6 is 12.2 Å². The Hall–Kier alpha value is -1.84. The predicted molar refractivity (Wildman–Crippen MR) is 75.4 cm³/mol. The van der Waals surface area contributed by atoms with E-state index in [-0.39, 0.29) is 28.0 Å². The zero-order valence-corrected chi connectivity index (χ0v) is 12.2. The number of sulfonamides is 1. The fourth-order valence-corrected chi connectivity index (χ4v) is 2.88. The lowest BCUT2D eigenvalue weighted by molar-refractivity contribution is 0.463. The van der Waals surface area contributed by atoms with Gasteiger partial charge in [-0.25, -0.2) is 18.1 Å². The molecule has 0 saturated carbocycles. The normalized spacial score (nSPS) is 11.4. The van der Waals surface area contributed by atoms with Crippen molar-refractivity contribution in [1.82, 2.24) is 14.7 Å². The van der Waals surface area contributed by atoms with Gasteiger partial charge in [0.25, 0.3) is 0 Å².